The van der Waals surface area contributed by atoms with E-state index in [2.05, 4.69) is 0 Å². The van der Waals surface area contributed by atoms with E-state index < -0.39 is 26.8 Å². The number of ether oxygens (including phenoxy) is 1. The Morgan fingerprint density at radius 2 is 1.84 bits per heavy atom. The number of sulfone groups is 1. The molecule has 0 aromatic rings. The first-order chi connectivity index (χ1) is 8.55. The first-order valence-electron chi connectivity index (χ1n) is 7.15. The molecule has 0 aliphatic carbocycles. The van der Waals surface area contributed by atoms with Gasteiger partial charge in [0.15, 0.2) is 9.84 Å². The highest BCUT2D eigenvalue weighted by Gasteiger charge is 2.52. The second-order valence-electron chi connectivity index (χ2n) is 7.17. The summed E-state index contributed by atoms with van der Waals surface area (Å²) in [5.41, 5.74) is -0.774. The van der Waals surface area contributed by atoms with Gasteiger partial charge in [-0.2, -0.15) is 0 Å². The number of aliphatic hydroxyl groups is 1. The molecule has 3 atom stereocenters. The second-order valence-corrected chi connectivity index (χ2v) is 9.51. The molecule has 0 saturated carbocycles. The molecule has 4 nitrogen and oxygen atoms in total. The van der Waals surface area contributed by atoms with Gasteiger partial charge in [0.2, 0.25) is 0 Å². The quantitative estimate of drug-likeness (QED) is 0.844. The summed E-state index contributed by atoms with van der Waals surface area (Å²) in [6.07, 6.45) is 2.07. The van der Waals surface area contributed by atoms with Crippen LogP contribution in [0.5, 0.6) is 0 Å². The van der Waals surface area contributed by atoms with Crippen LogP contribution in [0.3, 0.4) is 0 Å². The van der Waals surface area contributed by atoms with Crippen LogP contribution >= 0.6 is 0 Å². The van der Waals surface area contributed by atoms with Crippen molar-refractivity contribution in [2.45, 2.75) is 75.9 Å². The Kier molecular flexibility index (Phi) is 3.78. The zero-order valence-corrected chi connectivity index (χ0v) is 13.2. The third-order valence-electron chi connectivity index (χ3n) is 4.57. The van der Waals surface area contributed by atoms with Crippen molar-refractivity contribution in [2.75, 3.05) is 5.75 Å². The van der Waals surface area contributed by atoms with Gasteiger partial charge in [0, 0.05) is 5.92 Å². The number of aliphatic hydroxyl groups excluding tert-OH is 1. The molecule has 1 N–H and O–H groups in total. The molecule has 2 aliphatic rings. The van der Waals surface area contributed by atoms with E-state index in [-0.39, 0.29) is 17.3 Å². The van der Waals surface area contributed by atoms with Crippen molar-refractivity contribution in [2.24, 2.45) is 5.92 Å². The molecule has 2 rings (SSSR count). The summed E-state index contributed by atoms with van der Waals surface area (Å²) in [4.78, 5) is 0. The molecule has 0 amide bonds. The smallest absolute Gasteiger partial charge is 0.155 e. The molecule has 5 heteroatoms. The van der Waals surface area contributed by atoms with Crippen molar-refractivity contribution in [3.8, 4) is 0 Å². The van der Waals surface area contributed by atoms with Gasteiger partial charge in [-0.15, -0.1) is 0 Å². The molecule has 2 saturated heterocycles. The van der Waals surface area contributed by atoms with Gasteiger partial charge in [0.1, 0.15) is 0 Å². The Bertz CT molecular complexity index is 438. The summed E-state index contributed by atoms with van der Waals surface area (Å²) in [6.45, 7) is 7.89. The van der Waals surface area contributed by atoms with Crippen LogP contribution in [0.2, 0.25) is 0 Å². The summed E-state index contributed by atoms with van der Waals surface area (Å²) in [6, 6.07) is 0. The lowest BCUT2D eigenvalue weighted by Crippen LogP contribution is -2.47. The lowest BCUT2D eigenvalue weighted by Gasteiger charge is -2.35. The highest BCUT2D eigenvalue weighted by atomic mass is 32.2. The predicted octanol–water partition coefficient (Wildman–Crippen LogP) is 1.91. The monoisotopic (exact) mass is 290 g/mol. The maximum Gasteiger partial charge on any atom is 0.155 e. The zero-order valence-electron chi connectivity index (χ0n) is 12.3. The van der Waals surface area contributed by atoms with E-state index >= 15 is 0 Å². The molecule has 0 bridgehead atoms. The molecule has 0 aromatic heterocycles. The van der Waals surface area contributed by atoms with Crippen LogP contribution in [0.1, 0.15) is 53.4 Å². The fourth-order valence-electron chi connectivity index (χ4n) is 3.76. The fourth-order valence-corrected chi connectivity index (χ4v) is 5.81. The van der Waals surface area contributed by atoms with Crippen LogP contribution in [0, 0.1) is 5.92 Å². The van der Waals surface area contributed by atoms with Crippen LogP contribution in [0.25, 0.3) is 0 Å². The molecule has 0 aromatic carbocycles. The molecule has 2 aliphatic heterocycles. The molecule has 19 heavy (non-hydrogen) atoms. The van der Waals surface area contributed by atoms with E-state index in [0.29, 0.717) is 12.8 Å². The van der Waals surface area contributed by atoms with Crippen LogP contribution in [0.4, 0.5) is 0 Å². The van der Waals surface area contributed by atoms with Crippen LogP contribution in [-0.4, -0.2) is 41.8 Å². The SMILES string of the molecule is CC1(C)CC(C(O)C2CCCCS2(=O)=O)C(C)(C)O1. The summed E-state index contributed by atoms with van der Waals surface area (Å²) in [5.74, 6) is 0.0898. The Morgan fingerprint density at radius 3 is 2.32 bits per heavy atom. The van der Waals surface area contributed by atoms with Gasteiger partial charge in [-0.05, 0) is 47.0 Å². The fraction of sp³-hybridized carbons (Fsp3) is 1.00. The zero-order chi connectivity index (χ0) is 14.5. The Balaban J connectivity index is 2.22. The minimum atomic E-state index is -3.15. The predicted molar refractivity (Wildman–Crippen MR) is 74.8 cm³/mol. The van der Waals surface area contributed by atoms with Crippen molar-refractivity contribution < 1.29 is 18.3 Å². The van der Waals surface area contributed by atoms with Crippen molar-refractivity contribution in [1.82, 2.24) is 0 Å². The first-order valence-corrected chi connectivity index (χ1v) is 8.86. The second kappa shape index (κ2) is 4.71. The average Bonchev–Trinajstić information content (AvgIpc) is 2.45. The van der Waals surface area contributed by atoms with Gasteiger partial charge in [0.25, 0.3) is 0 Å². The maximum atomic E-state index is 12.2. The Hall–Kier alpha value is -0.130. The molecular formula is C14H26O4S. The molecule has 2 heterocycles. The molecule has 112 valence electrons. The van der Waals surface area contributed by atoms with E-state index in [0.717, 1.165) is 12.8 Å². The van der Waals surface area contributed by atoms with Gasteiger partial charge in [-0.3, -0.25) is 0 Å². The van der Waals surface area contributed by atoms with Gasteiger partial charge in [0.05, 0.1) is 28.3 Å². The summed E-state index contributed by atoms with van der Waals surface area (Å²) >= 11 is 0. The van der Waals surface area contributed by atoms with E-state index in [9.17, 15) is 13.5 Å². The molecule has 3 unspecified atom stereocenters. The number of hydrogen-bond acceptors (Lipinski definition) is 4. The average molecular weight is 290 g/mol. The lowest BCUT2D eigenvalue weighted by molar-refractivity contribution is -0.0879. The first kappa shape index (κ1) is 15.3. The molecule has 0 spiro atoms. The van der Waals surface area contributed by atoms with Gasteiger partial charge in [-0.25, -0.2) is 8.42 Å². The van der Waals surface area contributed by atoms with Crippen molar-refractivity contribution in [1.29, 1.82) is 0 Å². The third kappa shape index (κ3) is 2.98. The topological polar surface area (TPSA) is 63.6 Å². The van der Waals surface area contributed by atoms with Crippen molar-refractivity contribution in [3.63, 3.8) is 0 Å². The normalized spacial score (nSPS) is 37.9. The van der Waals surface area contributed by atoms with Gasteiger partial charge < -0.3 is 9.84 Å². The largest absolute Gasteiger partial charge is 0.391 e. The molecule has 2 fully saturated rings. The highest BCUT2D eigenvalue weighted by Crippen LogP contribution is 2.45. The minimum absolute atomic E-state index is 0.125. The van der Waals surface area contributed by atoms with E-state index in [1.807, 2.05) is 27.7 Å². The van der Waals surface area contributed by atoms with Gasteiger partial charge in [-0.1, -0.05) is 6.42 Å². The lowest BCUT2D eigenvalue weighted by atomic mass is 9.81. The number of rotatable bonds is 2. The van der Waals surface area contributed by atoms with Crippen molar-refractivity contribution in [3.05, 3.63) is 0 Å². The summed E-state index contributed by atoms with van der Waals surface area (Å²) in [5, 5.41) is 10.0. The van der Waals surface area contributed by atoms with E-state index in [1.165, 1.54) is 0 Å². The maximum absolute atomic E-state index is 12.2. The third-order valence-corrected chi connectivity index (χ3v) is 6.86. The summed E-state index contributed by atoms with van der Waals surface area (Å²) < 4.78 is 30.3. The van der Waals surface area contributed by atoms with Crippen LogP contribution in [0.15, 0.2) is 0 Å². The van der Waals surface area contributed by atoms with Crippen LogP contribution < -0.4 is 0 Å². The van der Waals surface area contributed by atoms with Crippen molar-refractivity contribution >= 4 is 9.84 Å². The van der Waals surface area contributed by atoms with Gasteiger partial charge >= 0.3 is 0 Å². The summed E-state index contributed by atoms with van der Waals surface area (Å²) in [7, 11) is -3.15. The van der Waals surface area contributed by atoms with E-state index in [4.69, 9.17) is 4.74 Å². The standard InChI is InChI=1S/C14H26O4S/c1-13(2)9-10(14(3,4)18-13)12(15)11-7-5-6-8-19(11,16)17/h10-12,15H,5-9H2,1-4H3. The minimum Gasteiger partial charge on any atom is -0.391 e. The molecule has 0 radical (unpaired) electrons. The Labute approximate surface area is 116 Å². The van der Waals surface area contributed by atoms with Crippen LogP contribution in [-0.2, 0) is 14.6 Å². The number of hydrogen-bond donors (Lipinski definition) is 1. The van der Waals surface area contributed by atoms with E-state index in [1.54, 1.807) is 0 Å². The molecular weight excluding hydrogens is 264 g/mol. The highest BCUT2D eigenvalue weighted by molar-refractivity contribution is 7.92. The Morgan fingerprint density at radius 1 is 1.21 bits per heavy atom.